The molecule has 0 fully saturated rings. The van der Waals surface area contributed by atoms with Crippen molar-refractivity contribution >= 4 is 29.3 Å². The number of benzene rings is 1. The minimum atomic E-state index is -0.937. The smallest absolute Gasteiger partial charge is 0.331 e. The van der Waals surface area contributed by atoms with Crippen LogP contribution in [-0.4, -0.2) is 30.9 Å². The van der Waals surface area contributed by atoms with Crippen molar-refractivity contribution in [3.63, 3.8) is 0 Å². The predicted octanol–water partition coefficient (Wildman–Crippen LogP) is 3.44. The van der Waals surface area contributed by atoms with E-state index in [-0.39, 0.29) is 5.91 Å². The van der Waals surface area contributed by atoms with Crippen LogP contribution < -0.4 is 0 Å². The van der Waals surface area contributed by atoms with Gasteiger partial charge in [0, 0.05) is 35.5 Å². The number of thiophene rings is 1. The van der Waals surface area contributed by atoms with Crippen molar-refractivity contribution in [3.8, 4) is 0 Å². The molecule has 0 saturated heterocycles. The lowest BCUT2D eigenvalue weighted by Gasteiger charge is -2.20. The Balaban J connectivity index is 2.12. The highest BCUT2D eigenvalue weighted by Gasteiger charge is 2.25. The van der Waals surface area contributed by atoms with Gasteiger partial charge >= 0.3 is 5.97 Å². The summed E-state index contributed by atoms with van der Waals surface area (Å²) in [6.07, 6.45) is 2.11. The van der Waals surface area contributed by atoms with Crippen LogP contribution in [0.15, 0.2) is 48.5 Å². The van der Waals surface area contributed by atoms with Crippen LogP contribution in [0.2, 0.25) is 0 Å². The van der Waals surface area contributed by atoms with Crippen LogP contribution in [0.5, 0.6) is 0 Å². The molecule has 0 aliphatic heterocycles. The third-order valence-corrected chi connectivity index (χ3v) is 4.11. The van der Waals surface area contributed by atoms with Crippen molar-refractivity contribution in [2.75, 3.05) is 14.1 Å². The fraction of sp³-hybridized carbons (Fsp3) is 0.222. The molecule has 1 atom stereocenters. The second-order valence-electron chi connectivity index (χ2n) is 5.24. The maximum atomic E-state index is 12.3. The topological polar surface area (TPSA) is 46.6 Å². The van der Waals surface area contributed by atoms with E-state index in [1.807, 2.05) is 37.3 Å². The van der Waals surface area contributed by atoms with Crippen molar-refractivity contribution in [2.24, 2.45) is 0 Å². The van der Waals surface area contributed by atoms with Gasteiger partial charge in [0.05, 0.1) is 0 Å². The summed E-state index contributed by atoms with van der Waals surface area (Å²) in [5, 5.41) is 0. The number of esters is 1. The number of carbonyl (C=O) groups excluding carboxylic acids is 2. The van der Waals surface area contributed by atoms with Gasteiger partial charge in [-0.15, -0.1) is 11.3 Å². The van der Waals surface area contributed by atoms with Gasteiger partial charge in [0.15, 0.2) is 0 Å². The van der Waals surface area contributed by atoms with E-state index in [1.165, 1.54) is 15.9 Å². The largest absolute Gasteiger partial charge is 0.444 e. The van der Waals surface area contributed by atoms with Gasteiger partial charge in [-0.05, 0) is 25.1 Å². The molecule has 0 N–H and O–H groups in total. The highest BCUT2D eigenvalue weighted by Crippen LogP contribution is 2.21. The Kier molecular flexibility index (Phi) is 5.71. The fourth-order valence-corrected chi connectivity index (χ4v) is 2.75. The minimum Gasteiger partial charge on any atom is -0.444 e. The third-order valence-electron chi connectivity index (χ3n) is 3.15. The van der Waals surface area contributed by atoms with E-state index in [0.29, 0.717) is 5.56 Å². The highest BCUT2D eigenvalue weighted by molar-refractivity contribution is 7.12. The van der Waals surface area contributed by atoms with Crippen LogP contribution in [-0.2, 0) is 14.3 Å². The lowest BCUT2D eigenvalue weighted by atomic mass is 10.1. The van der Waals surface area contributed by atoms with Crippen molar-refractivity contribution in [2.45, 2.75) is 13.0 Å². The van der Waals surface area contributed by atoms with Crippen LogP contribution in [0.4, 0.5) is 0 Å². The number of likely N-dealkylation sites (N-methyl/N-ethyl adjacent to an activating group) is 1. The van der Waals surface area contributed by atoms with Crippen LogP contribution >= 0.6 is 11.3 Å². The van der Waals surface area contributed by atoms with Gasteiger partial charge in [0.1, 0.15) is 0 Å². The first-order valence-electron chi connectivity index (χ1n) is 7.18. The van der Waals surface area contributed by atoms with Gasteiger partial charge in [-0.2, -0.15) is 0 Å². The van der Waals surface area contributed by atoms with Gasteiger partial charge in [-0.25, -0.2) is 4.79 Å². The Hall–Kier alpha value is -2.40. The van der Waals surface area contributed by atoms with Crippen molar-refractivity contribution in [1.82, 2.24) is 4.90 Å². The molecule has 4 nitrogen and oxygen atoms in total. The molecule has 0 radical (unpaired) electrons. The summed E-state index contributed by atoms with van der Waals surface area (Å²) in [5.41, 5.74) is 0.653. The van der Waals surface area contributed by atoms with Crippen LogP contribution in [0.3, 0.4) is 0 Å². The normalized spacial score (nSPS) is 12.1. The molecule has 1 aromatic heterocycles. The average molecular weight is 329 g/mol. The maximum Gasteiger partial charge on any atom is 0.331 e. The zero-order chi connectivity index (χ0) is 16.8. The van der Waals surface area contributed by atoms with Gasteiger partial charge < -0.3 is 9.64 Å². The van der Waals surface area contributed by atoms with Gasteiger partial charge in [-0.3, -0.25) is 4.79 Å². The lowest BCUT2D eigenvalue weighted by molar-refractivity contribution is -0.155. The first-order chi connectivity index (χ1) is 11.0. The molecule has 5 heteroatoms. The molecular weight excluding hydrogens is 310 g/mol. The van der Waals surface area contributed by atoms with E-state index in [9.17, 15) is 9.59 Å². The Bertz CT molecular complexity index is 704. The molecule has 2 aromatic rings. The summed E-state index contributed by atoms with van der Waals surface area (Å²) in [4.78, 5) is 27.9. The van der Waals surface area contributed by atoms with Crippen molar-refractivity contribution < 1.29 is 14.3 Å². The molecule has 1 heterocycles. The van der Waals surface area contributed by atoms with Gasteiger partial charge in [0.2, 0.25) is 6.10 Å². The summed E-state index contributed by atoms with van der Waals surface area (Å²) in [6, 6.07) is 12.9. The first kappa shape index (κ1) is 17.0. The van der Waals surface area contributed by atoms with E-state index in [0.717, 1.165) is 4.88 Å². The van der Waals surface area contributed by atoms with Crippen molar-refractivity contribution in [1.29, 1.82) is 0 Å². The predicted molar refractivity (Wildman–Crippen MR) is 92.1 cm³/mol. The average Bonchev–Trinajstić information content (AvgIpc) is 2.96. The zero-order valence-electron chi connectivity index (χ0n) is 13.4. The molecule has 0 spiro atoms. The molecule has 1 amide bonds. The van der Waals surface area contributed by atoms with Crippen molar-refractivity contribution in [3.05, 3.63) is 63.9 Å². The standard InChI is InChI=1S/C18H19NO3S/c1-13-9-10-15(23-13)11-12-16(20)22-17(18(21)19(2)3)14-7-5-4-6-8-14/h4-12,17H,1-3H3/b12-11+/t17-/m1/s1. The number of ether oxygens (including phenoxy) is 1. The number of amides is 1. The summed E-state index contributed by atoms with van der Waals surface area (Å²) in [5.74, 6) is -0.815. The second kappa shape index (κ2) is 7.74. The number of aryl methyl sites for hydroxylation is 1. The number of rotatable bonds is 5. The van der Waals surface area contributed by atoms with Gasteiger partial charge in [0.25, 0.3) is 5.91 Å². The summed E-state index contributed by atoms with van der Waals surface area (Å²) in [7, 11) is 3.27. The van der Waals surface area contributed by atoms with Crippen LogP contribution in [0.1, 0.15) is 21.4 Å². The first-order valence-corrected chi connectivity index (χ1v) is 8.00. The Morgan fingerprint density at radius 2 is 1.83 bits per heavy atom. The molecule has 0 aliphatic rings. The molecule has 0 unspecified atom stereocenters. The van der Waals surface area contributed by atoms with Crippen LogP contribution in [0.25, 0.3) is 6.08 Å². The van der Waals surface area contributed by atoms with Crippen LogP contribution in [0, 0.1) is 6.92 Å². The fourth-order valence-electron chi connectivity index (χ4n) is 1.97. The van der Waals surface area contributed by atoms with E-state index in [2.05, 4.69) is 0 Å². The minimum absolute atomic E-state index is 0.273. The third kappa shape index (κ3) is 4.79. The number of nitrogens with zero attached hydrogens (tertiary/aromatic N) is 1. The Morgan fingerprint density at radius 1 is 1.13 bits per heavy atom. The van der Waals surface area contributed by atoms with E-state index in [1.54, 1.807) is 43.6 Å². The van der Waals surface area contributed by atoms with Gasteiger partial charge in [-0.1, -0.05) is 30.3 Å². The Labute approximate surface area is 140 Å². The monoisotopic (exact) mass is 329 g/mol. The zero-order valence-corrected chi connectivity index (χ0v) is 14.2. The summed E-state index contributed by atoms with van der Waals surface area (Å²) < 4.78 is 5.38. The van der Waals surface area contributed by atoms with E-state index in [4.69, 9.17) is 4.74 Å². The quantitative estimate of drug-likeness (QED) is 0.623. The molecule has 1 aromatic carbocycles. The Morgan fingerprint density at radius 3 is 2.39 bits per heavy atom. The maximum absolute atomic E-state index is 12.3. The van der Waals surface area contributed by atoms with E-state index >= 15 is 0 Å². The summed E-state index contributed by atoms with van der Waals surface area (Å²) >= 11 is 1.59. The molecule has 2 rings (SSSR count). The number of hydrogen-bond acceptors (Lipinski definition) is 4. The molecule has 0 bridgehead atoms. The lowest BCUT2D eigenvalue weighted by Crippen LogP contribution is -2.30. The second-order valence-corrected chi connectivity index (χ2v) is 6.56. The molecule has 0 aliphatic carbocycles. The molecule has 120 valence electrons. The number of carbonyl (C=O) groups is 2. The summed E-state index contributed by atoms with van der Waals surface area (Å²) in [6.45, 7) is 2.00. The molecule has 0 saturated carbocycles. The highest BCUT2D eigenvalue weighted by atomic mass is 32.1. The molecular formula is C18H19NO3S. The number of hydrogen-bond donors (Lipinski definition) is 0. The molecule has 23 heavy (non-hydrogen) atoms. The SMILES string of the molecule is Cc1ccc(/C=C/C(=O)O[C@@H](C(=O)N(C)C)c2ccccc2)s1. The van der Waals surface area contributed by atoms with E-state index < -0.39 is 12.1 Å².